The average Bonchev–Trinajstić information content (AvgIpc) is 2.56. The predicted octanol–water partition coefficient (Wildman–Crippen LogP) is 3.73. The number of pyridine rings is 1. The number of amides is 1. The molecule has 3 N–H and O–H groups in total. The summed E-state index contributed by atoms with van der Waals surface area (Å²) < 4.78 is 4.86. The van der Waals surface area contributed by atoms with Crippen LogP contribution in [0.5, 0.6) is 0 Å². The highest BCUT2D eigenvalue weighted by molar-refractivity contribution is 6.46. The molecule has 0 atom stereocenters. The molecule has 2 aromatic rings. The zero-order chi connectivity index (χ0) is 17.9. The molecule has 0 radical (unpaired) electrons. The molecule has 0 unspecified atom stereocenters. The van der Waals surface area contributed by atoms with Gasteiger partial charge >= 0.3 is 5.97 Å². The van der Waals surface area contributed by atoms with Gasteiger partial charge in [-0.1, -0.05) is 52.5 Å². The number of aryl methyl sites for hydroxylation is 1. The van der Waals surface area contributed by atoms with Gasteiger partial charge in [-0.25, -0.2) is 9.78 Å². The van der Waals surface area contributed by atoms with E-state index in [0.717, 1.165) is 5.56 Å². The number of benzene rings is 1. The number of nitrogens with two attached hydrogens (primary N) is 1. The smallest absolute Gasteiger partial charge is 0.359 e. The number of aromatic nitrogens is 1. The largest absolute Gasteiger partial charge is 0.451 e. The highest BCUT2D eigenvalue weighted by atomic mass is 35.5. The Bertz CT molecular complexity index is 795. The van der Waals surface area contributed by atoms with Crippen LogP contribution in [0.25, 0.3) is 0 Å². The van der Waals surface area contributed by atoms with Crippen LogP contribution in [0.15, 0.2) is 24.3 Å². The molecule has 0 fully saturated rings. The van der Waals surface area contributed by atoms with E-state index >= 15 is 0 Å². The fourth-order valence-electron chi connectivity index (χ4n) is 1.70. The number of hydrogen-bond donors (Lipinski definition) is 2. The monoisotopic (exact) mass is 387 g/mol. The minimum absolute atomic E-state index is 0.0599. The number of carbonyl (C=O) groups excluding carboxylic acids is 2. The number of nitrogens with zero attached hydrogens (tertiary/aromatic N) is 1. The molecule has 0 aliphatic heterocycles. The Morgan fingerprint density at radius 1 is 1.17 bits per heavy atom. The number of esters is 1. The Labute approximate surface area is 152 Å². The SMILES string of the molecule is Cc1ccc(NC(=O)COC(=O)c2nc(Cl)c(Cl)c(N)c2Cl)cc1. The topological polar surface area (TPSA) is 94.3 Å². The second-order valence-electron chi connectivity index (χ2n) is 4.78. The summed E-state index contributed by atoms with van der Waals surface area (Å²) in [4.78, 5) is 27.5. The summed E-state index contributed by atoms with van der Waals surface area (Å²) in [5.41, 5.74) is 6.85. The summed E-state index contributed by atoms with van der Waals surface area (Å²) in [6.45, 7) is 1.40. The number of carbonyl (C=O) groups is 2. The maximum atomic E-state index is 12.0. The van der Waals surface area contributed by atoms with Gasteiger partial charge in [0.2, 0.25) is 0 Å². The van der Waals surface area contributed by atoms with Crippen molar-refractivity contribution in [2.45, 2.75) is 6.92 Å². The van der Waals surface area contributed by atoms with Crippen LogP contribution in [0, 0.1) is 6.92 Å². The van der Waals surface area contributed by atoms with E-state index in [1.54, 1.807) is 12.1 Å². The quantitative estimate of drug-likeness (QED) is 0.615. The summed E-state index contributed by atoms with van der Waals surface area (Å²) in [6.07, 6.45) is 0. The highest BCUT2D eigenvalue weighted by Gasteiger charge is 2.21. The summed E-state index contributed by atoms with van der Waals surface area (Å²) in [6, 6.07) is 7.13. The van der Waals surface area contributed by atoms with Crippen molar-refractivity contribution >= 4 is 58.1 Å². The first-order chi connectivity index (χ1) is 11.3. The number of anilines is 2. The van der Waals surface area contributed by atoms with Crippen molar-refractivity contribution in [3.8, 4) is 0 Å². The van der Waals surface area contributed by atoms with E-state index in [0.29, 0.717) is 5.69 Å². The lowest BCUT2D eigenvalue weighted by Crippen LogP contribution is -2.21. The van der Waals surface area contributed by atoms with Gasteiger partial charge < -0.3 is 15.8 Å². The molecule has 9 heteroatoms. The zero-order valence-corrected chi connectivity index (χ0v) is 14.7. The Balaban J connectivity index is 2.00. The van der Waals surface area contributed by atoms with Gasteiger partial charge in [0, 0.05) is 5.69 Å². The lowest BCUT2D eigenvalue weighted by Gasteiger charge is -2.09. The van der Waals surface area contributed by atoms with Crippen molar-refractivity contribution in [2.24, 2.45) is 0 Å². The highest BCUT2D eigenvalue weighted by Crippen LogP contribution is 2.34. The van der Waals surface area contributed by atoms with Crippen LogP contribution in [0.1, 0.15) is 16.1 Å². The second kappa shape index (κ2) is 7.70. The molecular formula is C15H12Cl3N3O3. The Morgan fingerprint density at radius 2 is 1.79 bits per heavy atom. The minimum atomic E-state index is -0.940. The Hall–Kier alpha value is -2.02. The van der Waals surface area contributed by atoms with Crippen molar-refractivity contribution in [1.29, 1.82) is 0 Å². The van der Waals surface area contributed by atoms with Crippen molar-refractivity contribution in [2.75, 3.05) is 17.7 Å². The van der Waals surface area contributed by atoms with Gasteiger partial charge in [-0.3, -0.25) is 4.79 Å². The fourth-order valence-corrected chi connectivity index (χ4v) is 2.29. The maximum absolute atomic E-state index is 12.0. The summed E-state index contributed by atoms with van der Waals surface area (Å²) in [5, 5.41) is 2.15. The van der Waals surface area contributed by atoms with Crippen LogP contribution < -0.4 is 11.1 Å². The van der Waals surface area contributed by atoms with Crippen LogP contribution in [0.2, 0.25) is 15.2 Å². The van der Waals surface area contributed by atoms with Crippen molar-refractivity contribution < 1.29 is 14.3 Å². The van der Waals surface area contributed by atoms with Gasteiger partial charge in [-0.15, -0.1) is 0 Å². The molecule has 24 heavy (non-hydrogen) atoms. The first-order valence-electron chi connectivity index (χ1n) is 6.63. The average molecular weight is 389 g/mol. The molecule has 0 bridgehead atoms. The molecule has 0 aliphatic rings. The number of hydrogen-bond acceptors (Lipinski definition) is 5. The van der Waals surface area contributed by atoms with E-state index in [9.17, 15) is 9.59 Å². The number of rotatable bonds is 4. The zero-order valence-electron chi connectivity index (χ0n) is 12.4. The third kappa shape index (κ3) is 4.29. The predicted molar refractivity (Wildman–Crippen MR) is 93.8 cm³/mol. The summed E-state index contributed by atoms with van der Waals surface area (Å²) in [5.74, 6) is -1.46. The first-order valence-corrected chi connectivity index (χ1v) is 7.76. The van der Waals surface area contributed by atoms with E-state index in [2.05, 4.69) is 10.3 Å². The molecule has 1 amide bonds. The molecule has 0 saturated carbocycles. The van der Waals surface area contributed by atoms with E-state index < -0.39 is 18.5 Å². The van der Waals surface area contributed by atoms with Gasteiger partial charge in [0.15, 0.2) is 17.5 Å². The molecule has 0 saturated heterocycles. The van der Waals surface area contributed by atoms with Crippen molar-refractivity contribution in [1.82, 2.24) is 4.98 Å². The molecule has 126 valence electrons. The van der Waals surface area contributed by atoms with Crippen LogP contribution >= 0.6 is 34.8 Å². The molecule has 1 aromatic carbocycles. The first kappa shape index (κ1) is 18.3. The number of nitrogens with one attached hydrogen (secondary N) is 1. The van der Waals surface area contributed by atoms with Crippen LogP contribution in [-0.2, 0) is 9.53 Å². The van der Waals surface area contributed by atoms with Crippen LogP contribution in [0.4, 0.5) is 11.4 Å². The third-order valence-electron chi connectivity index (χ3n) is 2.93. The van der Waals surface area contributed by atoms with Gasteiger partial charge in [0.05, 0.1) is 10.7 Å². The fraction of sp³-hybridized carbons (Fsp3) is 0.133. The molecule has 0 aliphatic carbocycles. The molecule has 1 heterocycles. The normalized spacial score (nSPS) is 10.3. The van der Waals surface area contributed by atoms with E-state index in [-0.39, 0.29) is 26.6 Å². The molecule has 0 spiro atoms. The van der Waals surface area contributed by atoms with Gasteiger partial charge in [-0.2, -0.15) is 0 Å². The van der Waals surface area contributed by atoms with E-state index in [1.807, 2.05) is 19.1 Å². The number of halogens is 3. The third-order valence-corrected chi connectivity index (χ3v) is 4.07. The standard InChI is InChI=1S/C15H12Cl3N3O3/c1-7-2-4-8(5-3-7)20-9(22)6-24-15(23)13-10(16)12(19)11(17)14(18)21-13/h2-5H,6H2,1H3,(H2,19,21)(H,20,22). The Morgan fingerprint density at radius 3 is 2.42 bits per heavy atom. The number of ether oxygens (including phenoxy) is 1. The van der Waals surface area contributed by atoms with Crippen LogP contribution in [0.3, 0.4) is 0 Å². The van der Waals surface area contributed by atoms with Crippen molar-refractivity contribution in [3.63, 3.8) is 0 Å². The molecule has 2 rings (SSSR count). The minimum Gasteiger partial charge on any atom is -0.451 e. The van der Waals surface area contributed by atoms with Gasteiger partial charge in [0.1, 0.15) is 5.02 Å². The van der Waals surface area contributed by atoms with E-state index in [4.69, 9.17) is 45.3 Å². The lowest BCUT2D eigenvalue weighted by atomic mass is 10.2. The van der Waals surface area contributed by atoms with Crippen LogP contribution in [-0.4, -0.2) is 23.5 Å². The molecule has 1 aromatic heterocycles. The summed E-state index contributed by atoms with van der Waals surface area (Å²) in [7, 11) is 0. The number of nitrogen functional groups attached to an aromatic ring is 1. The van der Waals surface area contributed by atoms with Gasteiger partial charge in [0.25, 0.3) is 5.91 Å². The van der Waals surface area contributed by atoms with Crippen molar-refractivity contribution in [3.05, 3.63) is 50.7 Å². The van der Waals surface area contributed by atoms with Gasteiger partial charge in [-0.05, 0) is 19.1 Å². The Kier molecular flexibility index (Phi) is 5.88. The summed E-state index contributed by atoms with van der Waals surface area (Å²) >= 11 is 17.4. The second-order valence-corrected chi connectivity index (χ2v) is 5.90. The molecular weight excluding hydrogens is 377 g/mol. The molecule has 6 nitrogen and oxygen atoms in total. The lowest BCUT2D eigenvalue weighted by molar-refractivity contribution is -0.119. The van der Waals surface area contributed by atoms with E-state index in [1.165, 1.54) is 0 Å². The maximum Gasteiger partial charge on any atom is 0.359 e.